The van der Waals surface area contributed by atoms with Crippen molar-refractivity contribution in [1.82, 2.24) is 26.2 Å². The molecule has 0 saturated heterocycles. The van der Waals surface area contributed by atoms with Crippen molar-refractivity contribution in [2.24, 2.45) is 17.3 Å². The molecule has 2 aliphatic rings. The fraction of sp³-hybridized carbons (Fsp3) is 0.676. The molecule has 49 heavy (non-hydrogen) atoms. The predicted octanol–water partition coefficient (Wildman–Crippen LogP) is 3.91. The number of ketones is 1. The van der Waals surface area contributed by atoms with Gasteiger partial charge in [0.25, 0.3) is 5.91 Å². The SMILES string of the molecule is COC(=O)c1ccc(CCNC(=O)C(=O)C(CC2CCC2)NC(=O)CN(CC2CCCC2)C(=O)[C@@H](NC(=O)NC(C)(C)C)C(C)(C)C)cc1. The first-order valence-corrected chi connectivity index (χ1v) is 17.6. The molecule has 12 heteroatoms. The lowest BCUT2D eigenvalue weighted by molar-refractivity contribution is -0.142. The summed E-state index contributed by atoms with van der Waals surface area (Å²) in [6.45, 7) is 11.4. The normalized spacial score (nSPS) is 16.5. The van der Waals surface area contributed by atoms with Crippen LogP contribution in [0.25, 0.3) is 0 Å². The Morgan fingerprint density at radius 2 is 1.47 bits per heavy atom. The van der Waals surface area contributed by atoms with Gasteiger partial charge < -0.3 is 30.9 Å². The van der Waals surface area contributed by atoms with Gasteiger partial charge in [0.05, 0.1) is 25.3 Å². The Morgan fingerprint density at radius 3 is 2.00 bits per heavy atom. The van der Waals surface area contributed by atoms with Gasteiger partial charge in [0.2, 0.25) is 17.6 Å². The standard InChI is InChI=1S/C37H57N5O7/c1-36(2,3)31(40-35(48)41-37(4,5)6)33(46)42(22-26-11-8-9-12-26)23-29(43)39-28(21-25-13-10-14-25)30(44)32(45)38-20-19-24-15-17-27(18-16-24)34(47)49-7/h15-18,25-26,28,31H,8-14,19-23H2,1-7H3,(H,38,45)(H,39,43)(H2,40,41,48)/t28?,31-/m1/s1. The van der Waals surface area contributed by atoms with E-state index in [1.54, 1.807) is 24.3 Å². The smallest absolute Gasteiger partial charge is 0.337 e. The van der Waals surface area contributed by atoms with Crippen molar-refractivity contribution < 1.29 is 33.5 Å². The second kappa shape index (κ2) is 17.6. The summed E-state index contributed by atoms with van der Waals surface area (Å²) >= 11 is 0. The van der Waals surface area contributed by atoms with Crippen LogP contribution >= 0.6 is 0 Å². The number of nitrogens with one attached hydrogen (secondary N) is 4. The number of ether oxygens (including phenoxy) is 1. The molecule has 0 spiro atoms. The molecule has 3 rings (SSSR count). The number of rotatable bonds is 15. The van der Waals surface area contributed by atoms with Crippen LogP contribution in [0.5, 0.6) is 0 Å². The van der Waals surface area contributed by atoms with Gasteiger partial charge in [-0.25, -0.2) is 9.59 Å². The number of nitrogens with zero attached hydrogens (tertiary/aromatic N) is 1. The van der Waals surface area contributed by atoms with E-state index in [2.05, 4.69) is 21.3 Å². The number of urea groups is 1. The van der Waals surface area contributed by atoms with Crippen molar-refractivity contribution >= 4 is 35.5 Å². The van der Waals surface area contributed by atoms with Gasteiger partial charge in [-0.1, -0.05) is 65.0 Å². The summed E-state index contributed by atoms with van der Waals surface area (Å²) in [6, 6.07) is 4.40. The largest absolute Gasteiger partial charge is 0.465 e. The minimum atomic E-state index is -1.02. The fourth-order valence-electron chi connectivity index (χ4n) is 6.27. The van der Waals surface area contributed by atoms with Crippen molar-refractivity contribution in [1.29, 1.82) is 0 Å². The molecule has 1 aromatic carbocycles. The molecule has 0 aliphatic heterocycles. The summed E-state index contributed by atoms with van der Waals surface area (Å²) in [6.07, 6.45) is 7.67. The van der Waals surface area contributed by atoms with Crippen LogP contribution in [0.3, 0.4) is 0 Å². The summed E-state index contributed by atoms with van der Waals surface area (Å²) in [5, 5.41) is 11.2. The average molecular weight is 684 g/mol. The Hall–Kier alpha value is -3.96. The highest BCUT2D eigenvalue weighted by Crippen LogP contribution is 2.31. The molecule has 272 valence electrons. The number of Topliss-reactive ketones (excluding diaryl/α,β-unsaturated/α-hetero) is 1. The molecule has 1 unspecified atom stereocenters. The van der Waals surface area contributed by atoms with Crippen molar-refractivity contribution in [3.8, 4) is 0 Å². The van der Waals surface area contributed by atoms with E-state index < -0.39 is 52.6 Å². The Morgan fingerprint density at radius 1 is 0.857 bits per heavy atom. The van der Waals surface area contributed by atoms with Crippen molar-refractivity contribution in [3.63, 3.8) is 0 Å². The molecule has 0 heterocycles. The van der Waals surface area contributed by atoms with Gasteiger partial charge in [0.1, 0.15) is 6.04 Å². The summed E-state index contributed by atoms with van der Waals surface area (Å²) in [5.74, 6) is -2.37. The van der Waals surface area contributed by atoms with E-state index in [9.17, 15) is 28.8 Å². The van der Waals surface area contributed by atoms with Crippen LogP contribution in [0.4, 0.5) is 4.79 Å². The summed E-state index contributed by atoms with van der Waals surface area (Å²) in [7, 11) is 1.31. The Balaban J connectivity index is 1.69. The van der Waals surface area contributed by atoms with E-state index >= 15 is 0 Å². The van der Waals surface area contributed by atoms with Crippen LogP contribution in [-0.4, -0.2) is 84.8 Å². The predicted molar refractivity (Wildman–Crippen MR) is 187 cm³/mol. The van der Waals surface area contributed by atoms with Gasteiger partial charge in [-0.3, -0.25) is 19.2 Å². The average Bonchev–Trinajstić information content (AvgIpc) is 3.51. The van der Waals surface area contributed by atoms with Crippen LogP contribution in [-0.2, 0) is 30.3 Å². The van der Waals surface area contributed by atoms with Gasteiger partial charge in [0.15, 0.2) is 0 Å². The molecule has 0 bridgehead atoms. The first kappa shape index (κ1) is 39.5. The lowest BCUT2D eigenvalue weighted by atomic mass is 9.80. The highest BCUT2D eigenvalue weighted by Gasteiger charge is 2.39. The molecule has 5 amide bonds. The minimum absolute atomic E-state index is 0.194. The molecule has 2 saturated carbocycles. The van der Waals surface area contributed by atoms with Gasteiger partial charge in [0, 0.05) is 18.6 Å². The molecule has 0 radical (unpaired) electrons. The molecule has 1 aromatic rings. The van der Waals surface area contributed by atoms with Crippen LogP contribution in [0, 0.1) is 17.3 Å². The van der Waals surface area contributed by atoms with E-state index in [4.69, 9.17) is 4.74 Å². The number of benzene rings is 1. The minimum Gasteiger partial charge on any atom is -0.465 e. The maximum atomic E-state index is 14.1. The first-order chi connectivity index (χ1) is 23.0. The molecular weight excluding hydrogens is 626 g/mol. The van der Waals surface area contributed by atoms with E-state index in [0.29, 0.717) is 24.9 Å². The van der Waals surface area contributed by atoms with E-state index in [-0.39, 0.29) is 30.8 Å². The summed E-state index contributed by atoms with van der Waals surface area (Å²) in [5.41, 5.74) is 0.122. The highest BCUT2D eigenvalue weighted by atomic mass is 16.5. The Kier molecular flexibility index (Phi) is 14.2. The van der Waals surface area contributed by atoms with Crippen molar-refractivity contribution in [2.45, 2.75) is 117 Å². The molecule has 2 atom stereocenters. The second-order valence-electron chi connectivity index (χ2n) is 15.7. The molecule has 2 fully saturated rings. The zero-order valence-corrected chi connectivity index (χ0v) is 30.4. The maximum absolute atomic E-state index is 14.1. The fourth-order valence-corrected chi connectivity index (χ4v) is 6.27. The topological polar surface area (TPSA) is 163 Å². The van der Waals surface area contributed by atoms with Crippen LogP contribution < -0.4 is 21.3 Å². The second-order valence-corrected chi connectivity index (χ2v) is 15.7. The van der Waals surface area contributed by atoms with Crippen LogP contribution in [0.15, 0.2) is 24.3 Å². The van der Waals surface area contributed by atoms with Gasteiger partial charge in [-0.2, -0.15) is 0 Å². The number of carbonyl (C=O) groups excluding carboxylic acids is 6. The lowest BCUT2D eigenvalue weighted by Gasteiger charge is -2.36. The number of amides is 5. The number of carbonyl (C=O) groups is 6. The molecule has 0 aromatic heterocycles. The third kappa shape index (κ3) is 12.8. The number of esters is 1. The number of methoxy groups -OCH3 is 1. The number of hydrogen-bond donors (Lipinski definition) is 4. The van der Waals surface area contributed by atoms with Crippen LogP contribution in [0.1, 0.15) is 109 Å². The van der Waals surface area contributed by atoms with E-state index in [0.717, 1.165) is 50.5 Å². The van der Waals surface area contributed by atoms with Gasteiger partial charge >= 0.3 is 12.0 Å². The third-order valence-corrected chi connectivity index (χ3v) is 9.22. The van der Waals surface area contributed by atoms with E-state index in [1.165, 1.54) is 12.0 Å². The quantitative estimate of drug-likeness (QED) is 0.161. The van der Waals surface area contributed by atoms with Crippen molar-refractivity contribution in [3.05, 3.63) is 35.4 Å². The Labute approximate surface area is 291 Å². The lowest BCUT2D eigenvalue weighted by Crippen LogP contribution is -2.60. The summed E-state index contributed by atoms with van der Waals surface area (Å²) < 4.78 is 4.72. The van der Waals surface area contributed by atoms with Gasteiger partial charge in [-0.15, -0.1) is 0 Å². The maximum Gasteiger partial charge on any atom is 0.337 e. The summed E-state index contributed by atoms with van der Waals surface area (Å²) in [4.78, 5) is 80.2. The number of hydrogen-bond acceptors (Lipinski definition) is 7. The van der Waals surface area contributed by atoms with Crippen molar-refractivity contribution in [2.75, 3.05) is 26.7 Å². The van der Waals surface area contributed by atoms with E-state index in [1.807, 2.05) is 41.5 Å². The van der Waals surface area contributed by atoms with Gasteiger partial charge in [-0.05, 0) is 81.4 Å². The zero-order valence-electron chi connectivity index (χ0n) is 30.4. The van der Waals surface area contributed by atoms with Crippen LogP contribution in [0.2, 0.25) is 0 Å². The molecule has 4 N–H and O–H groups in total. The molecule has 2 aliphatic carbocycles. The zero-order chi connectivity index (χ0) is 36.4. The third-order valence-electron chi connectivity index (χ3n) is 9.22. The molecular formula is C37H57N5O7. The molecule has 12 nitrogen and oxygen atoms in total. The first-order valence-electron chi connectivity index (χ1n) is 17.6. The monoisotopic (exact) mass is 683 g/mol. The Bertz CT molecular complexity index is 1320. The highest BCUT2D eigenvalue weighted by molar-refractivity contribution is 6.38.